The maximum atomic E-state index is 12.2. The fourth-order valence-electron chi connectivity index (χ4n) is 3.16. The molecule has 0 saturated carbocycles. The van der Waals surface area contributed by atoms with E-state index in [9.17, 15) is 8.42 Å². The predicted molar refractivity (Wildman–Crippen MR) is 89.2 cm³/mol. The number of hydrogen-bond acceptors (Lipinski definition) is 4. The van der Waals surface area contributed by atoms with E-state index in [1.807, 2.05) is 18.2 Å². The van der Waals surface area contributed by atoms with Gasteiger partial charge in [0.15, 0.2) is 0 Å². The van der Waals surface area contributed by atoms with Crippen LogP contribution in [0.25, 0.3) is 0 Å². The van der Waals surface area contributed by atoms with Gasteiger partial charge in [-0.1, -0.05) is 30.3 Å². The molecule has 0 radical (unpaired) electrons. The van der Waals surface area contributed by atoms with Crippen molar-refractivity contribution in [3.63, 3.8) is 0 Å². The first-order chi connectivity index (χ1) is 11.1. The van der Waals surface area contributed by atoms with Gasteiger partial charge in [0, 0.05) is 52.9 Å². The number of benzene rings is 1. The normalized spacial score (nSPS) is 27.1. The molecule has 7 heteroatoms. The molecule has 2 aliphatic heterocycles. The van der Waals surface area contributed by atoms with Crippen LogP contribution in [0, 0.1) is 0 Å². The highest BCUT2D eigenvalue weighted by Crippen LogP contribution is 2.17. The molecular formula is C16H25N3O3S. The Kier molecular flexibility index (Phi) is 5.33. The van der Waals surface area contributed by atoms with Gasteiger partial charge >= 0.3 is 0 Å². The monoisotopic (exact) mass is 339 g/mol. The minimum absolute atomic E-state index is 0.0671. The Balaban J connectivity index is 1.61. The summed E-state index contributed by atoms with van der Waals surface area (Å²) in [5.41, 5.74) is 1.28. The Labute approximate surface area is 138 Å². The summed E-state index contributed by atoms with van der Waals surface area (Å²) in [5, 5.41) is 0. The van der Waals surface area contributed by atoms with Crippen LogP contribution in [0.15, 0.2) is 30.3 Å². The van der Waals surface area contributed by atoms with Crippen LogP contribution in [0.5, 0.6) is 0 Å². The molecule has 2 fully saturated rings. The molecular weight excluding hydrogens is 314 g/mol. The maximum absolute atomic E-state index is 12.2. The second-order valence-electron chi connectivity index (χ2n) is 6.25. The van der Waals surface area contributed by atoms with Crippen LogP contribution < -0.4 is 0 Å². The Bertz CT molecular complexity index is 608. The molecule has 2 aliphatic rings. The molecule has 0 N–H and O–H groups in total. The third-order valence-corrected chi connectivity index (χ3v) is 6.43. The van der Waals surface area contributed by atoms with E-state index >= 15 is 0 Å². The largest absolute Gasteiger partial charge is 0.375 e. The lowest BCUT2D eigenvalue weighted by molar-refractivity contribution is 0.0421. The fraction of sp³-hybridized carbons (Fsp3) is 0.625. The van der Waals surface area contributed by atoms with Gasteiger partial charge in [0.25, 0.3) is 10.2 Å². The zero-order valence-corrected chi connectivity index (χ0v) is 14.4. The first-order valence-electron chi connectivity index (χ1n) is 8.15. The molecule has 2 saturated heterocycles. The molecule has 128 valence electrons. The van der Waals surface area contributed by atoms with E-state index in [1.54, 1.807) is 11.4 Å². The second-order valence-corrected chi connectivity index (χ2v) is 8.29. The molecule has 3 rings (SSSR count). The van der Waals surface area contributed by atoms with E-state index in [0.717, 1.165) is 26.1 Å². The number of rotatable bonds is 4. The van der Waals surface area contributed by atoms with Crippen molar-refractivity contribution < 1.29 is 13.2 Å². The van der Waals surface area contributed by atoms with Crippen molar-refractivity contribution in [3.05, 3.63) is 35.9 Å². The van der Waals surface area contributed by atoms with Gasteiger partial charge in [0.05, 0.1) is 6.10 Å². The van der Waals surface area contributed by atoms with Gasteiger partial charge in [-0.15, -0.1) is 0 Å². The minimum Gasteiger partial charge on any atom is -0.375 e. The highest BCUT2D eigenvalue weighted by molar-refractivity contribution is 7.87. The van der Waals surface area contributed by atoms with Crippen LogP contribution in [-0.2, 0) is 21.5 Å². The highest BCUT2D eigenvalue weighted by Gasteiger charge is 2.35. The van der Waals surface area contributed by atoms with E-state index in [0.29, 0.717) is 26.2 Å². The summed E-state index contributed by atoms with van der Waals surface area (Å²) in [6, 6.07) is 10.4. The van der Waals surface area contributed by atoms with E-state index in [1.165, 1.54) is 9.87 Å². The van der Waals surface area contributed by atoms with Crippen LogP contribution in [0.2, 0.25) is 0 Å². The Morgan fingerprint density at radius 3 is 2.65 bits per heavy atom. The van der Waals surface area contributed by atoms with Gasteiger partial charge in [-0.2, -0.15) is 17.0 Å². The average molecular weight is 339 g/mol. The van der Waals surface area contributed by atoms with Crippen molar-refractivity contribution in [1.82, 2.24) is 13.5 Å². The van der Waals surface area contributed by atoms with Crippen molar-refractivity contribution in [3.8, 4) is 0 Å². The summed E-state index contributed by atoms with van der Waals surface area (Å²) < 4.78 is 33.3. The molecule has 0 aliphatic carbocycles. The lowest BCUT2D eigenvalue weighted by atomic mass is 10.2. The fourth-order valence-corrected chi connectivity index (χ4v) is 4.53. The third kappa shape index (κ3) is 4.10. The van der Waals surface area contributed by atoms with Gasteiger partial charge in [0.2, 0.25) is 0 Å². The van der Waals surface area contributed by atoms with Gasteiger partial charge < -0.3 is 4.74 Å². The number of nitrogens with zero attached hydrogens (tertiary/aromatic N) is 3. The van der Waals surface area contributed by atoms with Crippen LogP contribution in [-0.4, -0.2) is 74.4 Å². The highest BCUT2D eigenvalue weighted by atomic mass is 32.2. The first kappa shape index (κ1) is 16.9. The molecule has 6 nitrogen and oxygen atoms in total. The van der Waals surface area contributed by atoms with Crippen LogP contribution in [0.4, 0.5) is 0 Å². The van der Waals surface area contributed by atoms with Crippen molar-refractivity contribution in [2.24, 2.45) is 0 Å². The molecule has 0 aromatic heterocycles. The van der Waals surface area contributed by atoms with E-state index in [4.69, 9.17) is 4.74 Å². The standard InChI is InChI=1S/C16H25N3O3S/c1-17-9-10-19(23(17,20)21)14-16-13-18(8-5-11-22-16)12-15-6-3-2-4-7-15/h2-4,6-7,16H,5,8-14H2,1H3. The number of likely N-dealkylation sites (N-methyl/N-ethyl adjacent to an activating group) is 1. The van der Waals surface area contributed by atoms with E-state index in [-0.39, 0.29) is 6.10 Å². The number of ether oxygens (including phenoxy) is 1. The molecule has 2 heterocycles. The Morgan fingerprint density at radius 1 is 1.17 bits per heavy atom. The molecule has 1 aromatic rings. The summed E-state index contributed by atoms with van der Waals surface area (Å²) in [5.74, 6) is 0. The lowest BCUT2D eigenvalue weighted by Crippen LogP contribution is -2.42. The molecule has 0 bridgehead atoms. The first-order valence-corrected chi connectivity index (χ1v) is 9.55. The SMILES string of the molecule is CN1CCN(CC2CN(Cc3ccccc3)CCCO2)S1(=O)=O. The Morgan fingerprint density at radius 2 is 1.96 bits per heavy atom. The van der Waals surface area contributed by atoms with Crippen molar-refractivity contribution >= 4 is 10.2 Å². The number of hydrogen-bond donors (Lipinski definition) is 0. The van der Waals surface area contributed by atoms with Crippen molar-refractivity contribution in [1.29, 1.82) is 0 Å². The maximum Gasteiger partial charge on any atom is 0.281 e. The molecule has 1 atom stereocenters. The van der Waals surface area contributed by atoms with E-state index < -0.39 is 10.2 Å². The molecule has 1 aromatic carbocycles. The summed E-state index contributed by atoms with van der Waals surface area (Å²) in [6.45, 7) is 4.88. The van der Waals surface area contributed by atoms with Crippen molar-refractivity contribution in [2.75, 3.05) is 46.4 Å². The summed E-state index contributed by atoms with van der Waals surface area (Å²) in [4.78, 5) is 2.36. The smallest absolute Gasteiger partial charge is 0.281 e. The van der Waals surface area contributed by atoms with Gasteiger partial charge in [-0.3, -0.25) is 4.90 Å². The topological polar surface area (TPSA) is 53.1 Å². The minimum atomic E-state index is -3.29. The molecule has 0 amide bonds. The van der Waals surface area contributed by atoms with Crippen LogP contribution in [0.3, 0.4) is 0 Å². The molecule has 1 unspecified atom stereocenters. The average Bonchev–Trinajstić information content (AvgIpc) is 2.70. The zero-order chi connectivity index (χ0) is 16.3. The van der Waals surface area contributed by atoms with Gasteiger partial charge in [-0.25, -0.2) is 0 Å². The second kappa shape index (κ2) is 7.27. The van der Waals surface area contributed by atoms with E-state index in [2.05, 4.69) is 17.0 Å². The molecule has 23 heavy (non-hydrogen) atoms. The van der Waals surface area contributed by atoms with Crippen LogP contribution >= 0.6 is 0 Å². The summed E-state index contributed by atoms with van der Waals surface area (Å²) in [6.07, 6.45) is 0.915. The van der Waals surface area contributed by atoms with Gasteiger partial charge in [0.1, 0.15) is 0 Å². The van der Waals surface area contributed by atoms with Crippen LogP contribution in [0.1, 0.15) is 12.0 Å². The third-order valence-electron chi connectivity index (χ3n) is 4.47. The van der Waals surface area contributed by atoms with Gasteiger partial charge in [-0.05, 0) is 12.0 Å². The van der Waals surface area contributed by atoms with Crippen molar-refractivity contribution in [2.45, 2.75) is 19.1 Å². The zero-order valence-electron chi connectivity index (χ0n) is 13.6. The Hall–Kier alpha value is -0.990. The summed E-state index contributed by atoms with van der Waals surface area (Å²) >= 11 is 0. The molecule has 0 spiro atoms. The lowest BCUT2D eigenvalue weighted by Gasteiger charge is -2.26. The summed E-state index contributed by atoms with van der Waals surface area (Å²) in [7, 11) is -1.66. The quantitative estimate of drug-likeness (QED) is 0.813. The predicted octanol–water partition coefficient (Wildman–Crippen LogP) is 0.770.